The largest absolute Gasteiger partial charge is 0.366 e. The molecule has 0 amide bonds. The number of thiazole rings is 1. The lowest BCUT2D eigenvalue weighted by Gasteiger charge is -2.09. The van der Waals surface area contributed by atoms with Crippen LogP contribution >= 0.6 is 23.1 Å². The van der Waals surface area contributed by atoms with Crippen LogP contribution in [0, 0.1) is 22.5 Å². The Hall–Kier alpha value is -1.76. The molecule has 0 aromatic carbocycles. The zero-order chi connectivity index (χ0) is 17.8. The number of nitrogens with zero attached hydrogens (tertiary/aromatic N) is 2. The van der Waals surface area contributed by atoms with E-state index < -0.39 is 4.92 Å². The number of terminal acetylenes is 1. The molecule has 0 bridgehead atoms. The number of thioether (sulfide) groups is 1. The fourth-order valence-electron chi connectivity index (χ4n) is 1.82. The maximum Gasteiger partial charge on any atom is 0.274 e. The van der Waals surface area contributed by atoms with E-state index in [9.17, 15) is 10.1 Å². The van der Waals surface area contributed by atoms with Gasteiger partial charge in [-0.2, -0.15) is 11.8 Å². The highest BCUT2D eigenvalue weighted by Crippen LogP contribution is 2.20. The number of hydrogen-bond donors (Lipinski definition) is 3. The van der Waals surface area contributed by atoms with Crippen LogP contribution in [-0.2, 0) is 5.75 Å². The summed E-state index contributed by atoms with van der Waals surface area (Å²) >= 11 is 3.39. The zero-order valence-electron chi connectivity index (χ0n) is 13.9. The van der Waals surface area contributed by atoms with Crippen molar-refractivity contribution >= 4 is 23.1 Å². The van der Waals surface area contributed by atoms with E-state index in [1.165, 1.54) is 0 Å². The summed E-state index contributed by atoms with van der Waals surface area (Å²) in [4.78, 5) is 14.6. The van der Waals surface area contributed by atoms with Crippen LogP contribution in [0.5, 0.6) is 0 Å². The highest BCUT2D eigenvalue weighted by molar-refractivity contribution is 7.98. The van der Waals surface area contributed by atoms with Crippen LogP contribution in [0.3, 0.4) is 0 Å². The maximum absolute atomic E-state index is 10.5. The molecule has 0 spiro atoms. The molecule has 0 aliphatic heterocycles. The highest BCUT2D eigenvalue weighted by atomic mass is 32.2. The molecule has 1 aromatic rings. The number of rotatable bonds is 12. The first-order valence-corrected chi connectivity index (χ1v) is 9.62. The van der Waals surface area contributed by atoms with Crippen molar-refractivity contribution in [1.29, 1.82) is 0 Å². The molecule has 1 atom stereocenters. The molecule has 0 fully saturated rings. The van der Waals surface area contributed by atoms with Gasteiger partial charge in [0.25, 0.3) is 6.20 Å². The summed E-state index contributed by atoms with van der Waals surface area (Å²) < 4.78 is 0. The third-order valence-electron chi connectivity index (χ3n) is 2.88. The summed E-state index contributed by atoms with van der Waals surface area (Å²) in [6.07, 6.45) is 6.02. The molecule has 0 saturated carbocycles. The predicted molar refractivity (Wildman–Crippen MR) is 100 cm³/mol. The Labute approximate surface area is 150 Å². The molecule has 0 radical (unpaired) electrons. The fourth-order valence-corrected chi connectivity index (χ4v) is 3.52. The molecule has 132 valence electrons. The predicted octanol–water partition coefficient (Wildman–Crippen LogP) is 1.93. The topological polar surface area (TPSA) is 92.1 Å². The maximum atomic E-state index is 10.5. The van der Waals surface area contributed by atoms with Crippen molar-refractivity contribution in [2.75, 3.05) is 25.4 Å². The van der Waals surface area contributed by atoms with Gasteiger partial charge in [0.1, 0.15) is 5.01 Å². The minimum Gasteiger partial charge on any atom is -0.366 e. The summed E-state index contributed by atoms with van der Waals surface area (Å²) in [5.74, 6) is 4.34. The van der Waals surface area contributed by atoms with E-state index >= 15 is 0 Å². The second-order valence-electron chi connectivity index (χ2n) is 4.82. The summed E-state index contributed by atoms with van der Waals surface area (Å²) in [6, 6.07) is 0.275. The normalized spacial score (nSPS) is 12.5. The van der Waals surface area contributed by atoms with Crippen LogP contribution in [-0.4, -0.2) is 35.3 Å². The zero-order valence-corrected chi connectivity index (χ0v) is 15.5. The van der Waals surface area contributed by atoms with Crippen LogP contribution in [0.2, 0.25) is 0 Å². The van der Waals surface area contributed by atoms with Crippen molar-refractivity contribution in [3.63, 3.8) is 0 Å². The third kappa shape index (κ3) is 8.19. The minimum absolute atomic E-state index is 0.241. The molecule has 24 heavy (non-hydrogen) atoms. The van der Waals surface area contributed by atoms with Gasteiger partial charge in [-0.25, -0.2) is 4.98 Å². The molecule has 1 unspecified atom stereocenters. The van der Waals surface area contributed by atoms with Crippen LogP contribution in [0.15, 0.2) is 17.4 Å². The first kappa shape index (κ1) is 20.3. The molecule has 7 nitrogen and oxygen atoms in total. The smallest absolute Gasteiger partial charge is 0.274 e. The van der Waals surface area contributed by atoms with Gasteiger partial charge in [0.2, 0.25) is 0 Å². The number of aromatic nitrogens is 1. The minimum atomic E-state index is -0.513. The van der Waals surface area contributed by atoms with Gasteiger partial charge in [-0.15, -0.1) is 17.8 Å². The van der Waals surface area contributed by atoms with Gasteiger partial charge in [-0.3, -0.25) is 10.1 Å². The van der Waals surface area contributed by atoms with Gasteiger partial charge in [0, 0.05) is 23.4 Å². The third-order valence-corrected chi connectivity index (χ3v) is 4.95. The van der Waals surface area contributed by atoms with Gasteiger partial charge in [-0.1, -0.05) is 12.8 Å². The average Bonchev–Trinajstić information content (AvgIpc) is 3.00. The standard InChI is InChI=1S/C15H23N5O2S2/c1-4-6-17-14(9-20(21)22)18-7-8-23-10-13-11-24-15(19-13)12(3)16-5-2/h1,9,11-12,16-18H,5-8,10H2,2-3H3. The lowest BCUT2D eigenvalue weighted by Crippen LogP contribution is -2.29. The van der Waals surface area contributed by atoms with E-state index in [0.717, 1.165) is 35.0 Å². The van der Waals surface area contributed by atoms with Gasteiger partial charge >= 0.3 is 0 Å². The van der Waals surface area contributed by atoms with Gasteiger partial charge in [0.15, 0.2) is 5.82 Å². The van der Waals surface area contributed by atoms with E-state index in [2.05, 4.69) is 46.1 Å². The molecule has 0 saturated heterocycles. The molecule has 1 aromatic heterocycles. The number of nitro groups is 1. The quantitative estimate of drug-likeness (QED) is 0.224. The lowest BCUT2D eigenvalue weighted by atomic mass is 10.3. The summed E-state index contributed by atoms with van der Waals surface area (Å²) in [7, 11) is 0. The first-order valence-electron chi connectivity index (χ1n) is 7.58. The molecule has 9 heteroatoms. The molecule has 1 heterocycles. The molecular formula is C15H23N5O2S2. The van der Waals surface area contributed by atoms with E-state index in [1.807, 2.05) is 0 Å². The van der Waals surface area contributed by atoms with Crippen LogP contribution < -0.4 is 16.0 Å². The van der Waals surface area contributed by atoms with E-state index in [4.69, 9.17) is 6.42 Å². The molecule has 0 aliphatic carbocycles. The lowest BCUT2D eigenvalue weighted by molar-refractivity contribution is -0.404. The second-order valence-corrected chi connectivity index (χ2v) is 6.82. The Morgan fingerprint density at radius 3 is 3.08 bits per heavy atom. The average molecular weight is 370 g/mol. The number of hydrogen-bond acceptors (Lipinski definition) is 8. The Balaban J connectivity index is 2.30. The fraction of sp³-hybridized carbons (Fsp3) is 0.533. The molecular weight excluding hydrogens is 346 g/mol. The van der Waals surface area contributed by atoms with Crippen molar-refractivity contribution in [2.45, 2.75) is 25.6 Å². The van der Waals surface area contributed by atoms with E-state index in [0.29, 0.717) is 12.4 Å². The van der Waals surface area contributed by atoms with Crippen LogP contribution in [0.25, 0.3) is 0 Å². The van der Waals surface area contributed by atoms with Crippen molar-refractivity contribution < 1.29 is 4.92 Å². The van der Waals surface area contributed by atoms with E-state index in [1.54, 1.807) is 23.1 Å². The van der Waals surface area contributed by atoms with Crippen molar-refractivity contribution in [1.82, 2.24) is 20.9 Å². The molecule has 0 aliphatic rings. The molecule has 1 rings (SSSR count). The van der Waals surface area contributed by atoms with Gasteiger partial charge in [-0.05, 0) is 13.5 Å². The Morgan fingerprint density at radius 2 is 2.42 bits per heavy atom. The summed E-state index contributed by atoms with van der Waals surface area (Å²) in [6.45, 7) is 5.95. The van der Waals surface area contributed by atoms with E-state index in [-0.39, 0.29) is 12.6 Å². The Kier molecular flexibility index (Phi) is 9.91. The highest BCUT2D eigenvalue weighted by Gasteiger charge is 2.09. The van der Waals surface area contributed by atoms with Crippen LogP contribution in [0.1, 0.15) is 30.6 Å². The van der Waals surface area contributed by atoms with Crippen LogP contribution in [0.4, 0.5) is 0 Å². The Morgan fingerprint density at radius 1 is 1.62 bits per heavy atom. The monoisotopic (exact) mass is 369 g/mol. The Bertz CT molecular complexity index is 583. The second kappa shape index (κ2) is 11.7. The van der Waals surface area contributed by atoms with Gasteiger partial charge in [0.05, 0.1) is 23.2 Å². The van der Waals surface area contributed by atoms with Gasteiger partial charge < -0.3 is 16.0 Å². The SMILES string of the molecule is C#CCNC(=C[N+](=O)[O-])NCCSCc1csc(C(C)NCC)n1. The molecule has 3 N–H and O–H groups in total. The first-order chi connectivity index (χ1) is 11.6. The van der Waals surface area contributed by atoms with Crippen molar-refractivity contribution in [3.8, 4) is 12.3 Å². The summed E-state index contributed by atoms with van der Waals surface area (Å²) in [5, 5.41) is 22.8. The van der Waals surface area contributed by atoms with Crippen molar-refractivity contribution in [3.05, 3.63) is 38.2 Å². The summed E-state index contributed by atoms with van der Waals surface area (Å²) in [5.41, 5.74) is 1.07. The number of nitrogens with one attached hydrogen (secondary N) is 3. The van der Waals surface area contributed by atoms with Crippen molar-refractivity contribution in [2.24, 2.45) is 0 Å².